The van der Waals surface area contributed by atoms with Crippen LogP contribution >= 0.6 is 11.3 Å². The lowest BCUT2D eigenvalue weighted by molar-refractivity contribution is 0.0729. The first-order valence-electron chi connectivity index (χ1n) is 10.6. The fourth-order valence-electron chi connectivity index (χ4n) is 4.27. The van der Waals surface area contributed by atoms with Crippen LogP contribution in [0.5, 0.6) is 5.06 Å². The molecule has 1 aromatic carbocycles. The molecule has 30 heavy (non-hydrogen) atoms. The van der Waals surface area contributed by atoms with Gasteiger partial charge in [-0.25, -0.2) is 8.78 Å². The van der Waals surface area contributed by atoms with Crippen molar-refractivity contribution >= 4 is 17.2 Å². The number of benzene rings is 1. The number of carbonyl (C=O) groups excluding carboxylic acids is 1. The summed E-state index contributed by atoms with van der Waals surface area (Å²) in [6.45, 7) is 8.65. The Bertz CT molecular complexity index is 907. The van der Waals surface area contributed by atoms with Gasteiger partial charge in [-0.15, -0.1) is 11.3 Å². The number of fused-ring (bicyclic) bond motifs is 1. The molecule has 1 fully saturated rings. The van der Waals surface area contributed by atoms with Crippen molar-refractivity contribution in [2.24, 2.45) is 5.92 Å². The Kier molecular flexibility index (Phi) is 6.39. The van der Waals surface area contributed by atoms with Crippen LogP contribution < -0.4 is 4.74 Å². The van der Waals surface area contributed by atoms with Crippen LogP contribution in [0, 0.1) is 17.6 Å². The van der Waals surface area contributed by atoms with Crippen molar-refractivity contribution in [1.82, 2.24) is 9.80 Å². The number of likely N-dealkylation sites (tertiary alicyclic amines) is 1. The summed E-state index contributed by atoms with van der Waals surface area (Å²) < 4.78 is 33.8. The second kappa shape index (κ2) is 9.02. The molecule has 2 aromatic rings. The second-order valence-electron chi connectivity index (χ2n) is 8.60. The number of piperidine rings is 1. The van der Waals surface area contributed by atoms with E-state index in [1.165, 1.54) is 17.0 Å². The molecule has 1 amide bonds. The molecule has 162 valence electrons. The van der Waals surface area contributed by atoms with Gasteiger partial charge in [0.2, 0.25) is 0 Å². The van der Waals surface area contributed by atoms with Crippen molar-refractivity contribution in [3.8, 4) is 5.06 Å². The topological polar surface area (TPSA) is 32.8 Å². The summed E-state index contributed by atoms with van der Waals surface area (Å²) in [6.07, 6.45) is 2.99. The number of halogens is 2. The highest BCUT2D eigenvalue weighted by Crippen LogP contribution is 2.35. The minimum Gasteiger partial charge on any atom is -0.481 e. The Balaban J connectivity index is 1.37. The predicted octanol–water partition coefficient (Wildman–Crippen LogP) is 4.72. The Morgan fingerprint density at radius 2 is 2.00 bits per heavy atom. The normalized spacial score (nSPS) is 18.0. The van der Waals surface area contributed by atoms with Crippen LogP contribution in [0.15, 0.2) is 24.3 Å². The first-order valence-corrected chi connectivity index (χ1v) is 11.5. The summed E-state index contributed by atoms with van der Waals surface area (Å²) in [4.78, 5) is 18.0. The molecule has 4 rings (SSSR count). The summed E-state index contributed by atoms with van der Waals surface area (Å²) in [5.74, 6) is -1.86. The first-order chi connectivity index (χ1) is 14.4. The monoisotopic (exact) mass is 434 g/mol. The molecule has 0 radical (unpaired) electrons. The second-order valence-corrected chi connectivity index (χ2v) is 9.70. The van der Waals surface area contributed by atoms with E-state index in [1.54, 1.807) is 16.2 Å². The van der Waals surface area contributed by atoms with Gasteiger partial charge in [0.05, 0.1) is 5.56 Å². The molecule has 0 unspecified atom stereocenters. The number of carbonyl (C=O) groups is 1. The Labute approximate surface area is 180 Å². The van der Waals surface area contributed by atoms with Gasteiger partial charge in [-0.1, -0.05) is 19.9 Å². The largest absolute Gasteiger partial charge is 0.481 e. The van der Waals surface area contributed by atoms with E-state index >= 15 is 0 Å². The van der Waals surface area contributed by atoms with Crippen LogP contribution in [0.4, 0.5) is 8.78 Å². The van der Waals surface area contributed by atoms with E-state index in [2.05, 4.69) is 18.7 Å². The standard InChI is InChI=1S/C23H28F2N2O2S/c1-15(2)13-26-9-6-17(7-10-26)29-21-12-16-14-27(11-8-20(16)30-21)23(28)18-4-3-5-19(24)22(18)25/h3-5,12,15,17H,6-11,13-14H2,1-2H3. The molecule has 0 atom stereocenters. The number of nitrogens with zero attached hydrogens (tertiary/aromatic N) is 2. The third-order valence-corrected chi connectivity index (χ3v) is 6.88. The molecular formula is C23H28F2N2O2S. The van der Waals surface area contributed by atoms with Gasteiger partial charge >= 0.3 is 0 Å². The van der Waals surface area contributed by atoms with Gasteiger partial charge in [-0.2, -0.15) is 0 Å². The minimum atomic E-state index is -1.08. The highest BCUT2D eigenvalue weighted by Gasteiger charge is 2.28. The maximum Gasteiger partial charge on any atom is 0.257 e. The zero-order valence-corrected chi connectivity index (χ0v) is 18.3. The van der Waals surface area contributed by atoms with Gasteiger partial charge in [0.15, 0.2) is 16.7 Å². The fourth-order valence-corrected chi connectivity index (χ4v) is 5.34. The number of hydrogen-bond acceptors (Lipinski definition) is 4. The van der Waals surface area contributed by atoms with Gasteiger partial charge in [0, 0.05) is 37.6 Å². The Hall–Kier alpha value is -1.99. The molecule has 4 nitrogen and oxygen atoms in total. The highest BCUT2D eigenvalue weighted by molar-refractivity contribution is 7.14. The zero-order chi connectivity index (χ0) is 21.3. The number of ether oxygens (including phenoxy) is 1. The van der Waals surface area contributed by atoms with Crippen LogP contribution in [-0.4, -0.2) is 48.0 Å². The summed E-state index contributed by atoms with van der Waals surface area (Å²) >= 11 is 1.65. The van der Waals surface area contributed by atoms with Gasteiger partial charge in [-0.05, 0) is 48.9 Å². The summed E-state index contributed by atoms with van der Waals surface area (Å²) in [5.41, 5.74) is 0.835. The smallest absolute Gasteiger partial charge is 0.257 e. The average molecular weight is 435 g/mol. The maximum atomic E-state index is 14.0. The molecule has 2 aliphatic rings. The molecule has 0 bridgehead atoms. The van der Waals surface area contributed by atoms with Crippen molar-refractivity contribution in [2.75, 3.05) is 26.2 Å². The Morgan fingerprint density at radius 1 is 1.23 bits per heavy atom. The average Bonchev–Trinajstić information content (AvgIpc) is 3.12. The lowest BCUT2D eigenvalue weighted by atomic mass is 10.1. The van der Waals surface area contributed by atoms with E-state index in [0.717, 1.165) is 49.2 Å². The molecular weight excluding hydrogens is 406 g/mol. The molecule has 0 aliphatic carbocycles. The first kappa shape index (κ1) is 21.2. The van der Waals surface area contributed by atoms with E-state index in [9.17, 15) is 13.6 Å². The quantitative estimate of drug-likeness (QED) is 0.682. The van der Waals surface area contributed by atoms with Gasteiger partial charge in [0.1, 0.15) is 6.10 Å². The summed E-state index contributed by atoms with van der Waals surface area (Å²) in [7, 11) is 0. The third kappa shape index (κ3) is 4.67. The molecule has 1 saturated heterocycles. The molecule has 2 aliphatic heterocycles. The third-order valence-electron chi connectivity index (χ3n) is 5.75. The lowest BCUT2D eigenvalue weighted by Gasteiger charge is -2.32. The van der Waals surface area contributed by atoms with E-state index < -0.39 is 17.5 Å². The highest BCUT2D eigenvalue weighted by atomic mass is 32.1. The van der Waals surface area contributed by atoms with Gasteiger partial charge in [-0.3, -0.25) is 4.79 Å². The lowest BCUT2D eigenvalue weighted by Crippen LogP contribution is -2.39. The van der Waals surface area contributed by atoms with Crippen molar-refractivity contribution in [3.05, 3.63) is 51.9 Å². The number of hydrogen-bond donors (Lipinski definition) is 0. The van der Waals surface area contributed by atoms with E-state index in [0.29, 0.717) is 25.4 Å². The van der Waals surface area contributed by atoms with Crippen molar-refractivity contribution in [2.45, 2.75) is 45.8 Å². The SMILES string of the molecule is CC(C)CN1CCC(Oc2cc3c(s2)CCN(C(=O)c2cccc(F)c2F)C3)CC1. The van der Waals surface area contributed by atoms with Crippen molar-refractivity contribution < 1.29 is 18.3 Å². The predicted molar refractivity (Wildman–Crippen MR) is 114 cm³/mol. The van der Waals surface area contributed by atoms with Crippen LogP contribution in [0.25, 0.3) is 0 Å². The van der Waals surface area contributed by atoms with Crippen LogP contribution in [-0.2, 0) is 13.0 Å². The molecule has 0 spiro atoms. The van der Waals surface area contributed by atoms with E-state index in [4.69, 9.17) is 4.74 Å². The van der Waals surface area contributed by atoms with Crippen molar-refractivity contribution in [3.63, 3.8) is 0 Å². The minimum absolute atomic E-state index is 0.210. The molecule has 0 saturated carbocycles. The molecule has 7 heteroatoms. The van der Waals surface area contributed by atoms with Gasteiger partial charge < -0.3 is 14.5 Å². The van der Waals surface area contributed by atoms with Crippen LogP contribution in [0.3, 0.4) is 0 Å². The Morgan fingerprint density at radius 3 is 2.73 bits per heavy atom. The number of thiophene rings is 1. The van der Waals surface area contributed by atoms with Crippen LogP contribution in [0.2, 0.25) is 0 Å². The summed E-state index contributed by atoms with van der Waals surface area (Å²) in [5, 5.41) is 0.897. The van der Waals surface area contributed by atoms with Crippen LogP contribution in [0.1, 0.15) is 47.5 Å². The number of rotatable bonds is 5. The zero-order valence-electron chi connectivity index (χ0n) is 17.5. The summed E-state index contributed by atoms with van der Waals surface area (Å²) in [6, 6.07) is 5.74. The van der Waals surface area contributed by atoms with Crippen molar-refractivity contribution in [1.29, 1.82) is 0 Å². The van der Waals surface area contributed by atoms with E-state index in [1.807, 2.05) is 6.07 Å². The fraction of sp³-hybridized carbons (Fsp3) is 0.522. The number of amides is 1. The van der Waals surface area contributed by atoms with E-state index in [-0.39, 0.29) is 11.7 Å². The molecule has 3 heterocycles. The maximum absolute atomic E-state index is 14.0. The molecule has 1 aromatic heterocycles. The molecule has 0 N–H and O–H groups in total. The van der Waals surface area contributed by atoms with Gasteiger partial charge in [0.25, 0.3) is 5.91 Å².